The van der Waals surface area contributed by atoms with Crippen LogP contribution in [0.2, 0.25) is 0 Å². The molecule has 6 heteroatoms. The molecule has 0 aliphatic heterocycles. The van der Waals surface area contributed by atoms with E-state index in [2.05, 4.69) is 29.5 Å². The van der Waals surface area contributed by atoms with Crippen molar-refractivity contribution in [2.75, 3.05) is 11.9 Å². The van der Waals surface area contributed by atoms with Crippen molar-refractivity contribution in [3.63, 3.8) is 0 Å². The Hall–Kier alpha value is -2.21. The number of nitrogens with zero attached hydrogens (tertiary/aromatic N) is 1. The molecule has 134 valence electrons. The van der Waals surface area contributed by atoms with Crippen molar-refractivity contribution in [2.45, 2.75) is 47.0 Å². The molecule has 2 amide bonds. The van der Waals surface area contributed by atoms with Crippen LogP contribution in [0.4, 0.5) is 5.69 Å². The SMILES string of the molecule is Cc1ccc(NC(=O)CCNC(=O)c2sc(C(C)C)nc2C)c(C)c1. The van der Waals surface area contributed by atoms with Gasteiger partial charge in [-0.2, -0.15) is 0 Å². The minimum atomic E-state index is -0.166. The number of thiazole rings is 1. The van der Waals surface area contributed by atoms with E-state index < -0.39 is 0 Å². The molecule has 2 rings (SSSR count). The molecule has 1 aromatic heterocycles. The minimum absolute atomic E-state index is 0.115. The largest absolute Gasteiger partial charge is 0.351 e. The van der Waals surface area contributed by atoms with E-state index in [4.69, 9.17) is 0 Å². The number of benzene rings is 1. The molecule has 5 nitrogen and oxygen atoms in total. The lowest BCUT2D eigenvalue weighted by atomic mass is 10.1. The molecule has 2 aromatic rings. The Morgan fingerprint density at radius 1 is 1.20 bits per heavy atom. The van der Waals surface area contributed by atoms with Gasteiger partial charge in [0.2, 0.25) is 5.91 Å². The standard InChI is InChI=1S/C19H25N3O2S/c1-11(2)19-21-14(5)17(25-19)18(24)20-9-8-16(23)22-15-7-6-12(3)10-13(15)4/h6-7,10-11H,8-9H2,1-5H3,(H,20,24)(H,22,23). The second-order valence-corrected chi connectivity index (χ2v) is 7.52. The summed E-state index contributed by atoms with van der Waals surface area (Å²) in [5.74, 6) is 0.0196. The molecule has 0 saturated carbocycles. The summed E-state index contributed by atoms with van der Waals surface area (Å²) in [6.07, 6.45) is 0.230. The van der Waals surface area contributed by atoms with Crippen LogP contribution in [-0.4, -0.2) is 23.3 Å². The molecule has 0 atom stereocenters. The van der Waals surface area contributed by atoms with Crippen LogP contribution in [-0.2, 0) is 4.79 Å². The lowest BCUT2D eigenvalue weighted by molar-refractivity contribution is -0.116. The number of rotatable bonds is 6. The van der Waals surface area contributed by atoms with Crippen LogP contribution in [0.5, 0.6) is 0 Å². The molecule has 0 fully saturated rings. The zero-order valence-corrected chi connectivity index (χ0v) is 16.2. The number of aryl methyl sites for hydroxylation is 3. The molecule has 0 aliphatic rings. The molecule has 0 unspecified atom stereocenters. The van der Waals surface area contributed by atoms with Gasteiger partial charge in [-0.25, -0.2) is 4.98 Å². The average molecular weight is 359 g/mol. The molecule has 2 N–H and O–H groups in total. The fourth-order valence-corrected chi connectivity index (χ4v) is 3.40. The number of amides is 2. The predicted octanol–water partition coefficient (Wildman–Crippen LogP) is 3.95. The number of anilines is 1. The number of aromatic nitrogens is 1. The number of nitrogens with one attached hydrogen (secondary N) is 2. The van der Waals surface area contributed by atoms with Gasteiger partial charge in [0.25, 0.3) is 5.91 Å². The Balaban J connectivity index is 1.85. The summed E-state index contributed by atoms with van der Waals surface area (Å²) in [7, 11) is 0. The van der Waals surface area contributed by atoms with Crippen LogP contribution in [0.3, 0.4) is 0 Å². The quantitative estimate of drug-likeness (QED) is 0.820. The van der Waals surface area contributed by atoms with Gasteiger partial charge < -0.3 is 10.6 Å². The monoisotopic (exact) mass is 359 g/mol. The molecule has 0 radical (unpaired) electrons. The first-order chi connectivity index (χ1) is 11.8. The van der Waals surface area contributed by atoms with E-state index in [0.29, 0.717) is 17.3 Å². The lowest BCUT2D eigenvalue weighted by Gasteiger charge is -2.09. The second-order valence-electron chi connectivity index (χ2n) is 6.49. The van der Waals surface area contributed by atoms with Crippen molar-refractivity contribution in [3.05, 3.63) is 44.9 Å². The lowest BCUT2D eigenvalue weighted by Crippen LogP contribution is -2.27. The zero-order chi connectivity index (χ0) is 18.6. The molecule has 1 heterocycles. The van der Waals surface area contributed by atoms with E-state index in [1.165, 1.54) is 11.3 Å². The number of hydrogen-bond donors (Lipinski definition) is 2. The van der Waals surface area contributed by atoms with E-state index in [1.807, 2.05) is 39.0 Å². The Morgan fingerprint density at radius 3 is 2.52 bits per heavy atom. The van der Waals surface area contributed by atoms with Crippen molar-refractivity contribution >= 4 is 28.8 Å². The third kappa shape index (κ3) is 5.13. The highest BCUT2D eigenvalue weighted by atomic mass is 32.1. The first-order valence-electron chi connectivity index (χ1n) is 8.40. The summed E-state index contributed by atoms with van der Waals surface area (Å²) >= 11 is 1.42. The number of hydrogen-bond acceptors (Lipinski definition) is 4. The Morgan fingerprint density at radius 2 is 1.92 bits per heavy atom. The fourth-order valence-electron chi connectivity index (χ4n) is 2.41. The van der Waals surface area contributed by atoms with Crippen molar-refractivity contribution in [1.29, 1.82) is 0 Å². The summed E-state index contributed by atoms with van der Waals surface area (Å²) in [6, 6.07) is 5.88. The summed E-state index contributed by atoms with van der Waals surface area (Å²) in [5, 5.41) is 6.64. The maximum Gasteiger partial charge on any atom is 0.263 e. The zero-order valence-electron chi connectivity index (χ0n) is 15.4. The van der Waals surface area contributed by atoms with Crippen LogP contribution in [0.1, 0.15) is 57.7 Å². The fraction of sp³-hybridized carbons (Fsp3) is 0.421. The van der Waals surface area contributed by atoms with Gasteiger partial charge in [0.1, 0.15) is 4.88 Å². The van der Waals surface area contributed by atoms with E-state index in [-0.39, 0.29) is 18.2 Å². The molecular formula is C19H25N3O2S. The van der Waals surface area contributed by atoms with Gasteiger partial charge in [-0.1, -0.05) is 31.5 Å². The third-order valence-corrected chi connectivity index (χ3v) is 5.26. The molecular weight excluding hydrogens is 334 g/mol. The maximum atomic E-state index is 12.3. The maximum absolute atomic E-state index is 12.3. The highest BCUT2D eigenvalue weighted by molar-refractivity contribution is 7.13. The topological polar surface area (TPSA) is 71.1 Å². The van der Waals surface area contributed by atoms with Crippen LogP contribution < -0.4 is 10.6 Å². The highest BCUT2D eigenvalue weighted by Gasteiger charge is 2.16. The van der Waals surface area contributed by atoms with Gasteiger partial charge in [-0.15, -0.1) is 11.3 Å². The first kappa shape index (κ1) is 19.1. The first-order valence-corrected chi connectivity index (χ1v) is 9.22. The molecule has 0 bridgehead atoms. The Kier molecular flexibility index (Phi) is 6.31. The highest BCUT2D eigenvalue weighted by Crippen LogP contribution is 2.24. The van der Waals surface area contributed by atoms with Gasteiger partial charge in [-0.3, -0.25) is 9.59 Å². The van der Waals surface area contributed by atoms with Crippen molar-refractivity contribution < 1.29 is 9.59 Å². The minimum Gasteiger partial charge on any atom is -0.351 e. The van der Waals surface area contributed by atoms with Crippen molar-refractivity contribution in [3.8, 4) is 0 Å². The average Bonchev–Trinajstić information content (AvgIpc) is 2.92. The van der Waals surface area contributed by atoms with E-state index in [9.17, 15) is 9.59 Å². The van der Waals surface area contributed by atoms with Crippen LogP contribution in [0.15, 0.2) is 18.2 Å². The van der Waals surface area contributed by atoms with Crippen LogP contribution >= 0.6 is 11.3 Å². The number of carbonyl (C=O) groups excluding carboxylic acids is 2. The Bertz CT molecular complexity index is 781. The molecule has 0 saturated heterocycles. The Labute approximate surface area is 152 Å². The smallest absolute Gasteiger partial charge is 0.263 e. The summed E-state index contributed by atoms with van der Waals surface area (Å²) in [6.45, 7) is 10.2. The summed E-state index contributed by atoms with van der Waals surface area (Å²) < 4.78 is 0. The van der Waals surface area contributed by atoms with Gasteiger partial charge in [-0.05, 0) is 32.4 Å². The van der Waals surface area contributed by atoms with Crippen LogP contribution in [0.25, 0.3) is 0 Å². The van der Waals surface area contributed by atoms with E-state index in [1.54, 1.807) is 0 Å². The molecule has 0 aliphatic carbocycles. The predicted molar refractivity (Wildman–Crippen MR) is 102 cm³/mol. The van der Waals surface area contributed by atoms with Gasteiger partial charge >= 0.3 is 0 Å². The van der Waals surface area contributed by atoms with E-state index in [0.717, 1.165) is 27.5 Å². The van der Waals surface area contributed by atoms with Gasteiger partial charge in [0.15, 0.2) is 0 Å². The van der Waals surface area contributed by atoms with Gasteiger partial charge in [0, 0.05) is 24.6 Å². The second kappa shape index (κ2) is 8.25. The molecule has 0 spiro atoms. The van der Waals surface area contributed by atoms with Crippen molar-refractivity contribution in [2.24, 2.45) is 0 Å². The third-order valence-electron chi connectivity index (χ3n) is 3.81. The molecule has 25 heavy (non-hydrogen) atoms. The molecule has 1 aromatic carbocycles. The number of carbonyl (C=O) groups is 2. The van der Waals surface area contributed by atoms with E-state index >= 15 is 0 Å². The normalized spacial score (nSPS) is 10.8. The van der Waals surface area contributed by atoms with Crippen molar-refractivity contribution in [1.82, 2.24) is 10.3 Å². The summed E-state index contributed by atoms with van der Waals surface area (Å²) in [4.78, 5) is 29.4. The van der Waals surface area contributed by atoms with Gasteiger partial charge in [0.05, 0.1) is 10.7 Å². The summed E-state index contributed by atoms with van der Waals surface area (Å²) in [5.41, 5.74) is 3.73. The van der Waals surface area contributed by atoms with Crippen LogP contribution in [0, 0.1) is 20.8 Å².